The molecule has 1 heterocycles. The molecule has 1 rings (SSSR count). The first-order chi connectivity index (χ1) is 6.59. The number of rotatable bonds is 3. The third-order valence-electron chi connectivity index (χ3n) is 1.36. The lowest BCUT2D eigenvalue weighted by Gasteiger charge is -2.05. The summed E-state index contributed by atoms with van der Waals surface area (Å²) >= 11 is 0. The summed E-state index contributed by atoms with van der Waals surface area (Å²) in [6, 6.07) is 1.18. The van der Waals surface area contributed by atoms with Gasteiger partial charge in [-0.3, -0.25) is 5.11 Å². The summed E-state index contributed by atoms with van der Waals surface area (Å²) < 4.78 is 4.84. The van der Waals surface area contributed by atoms with Crippen molar-refractivity contribution in [1.82, 2.24) is 9.97 Å². The molecule has 0 saturated carbocycles. The Kier molecular flexibility index (Phi) is 3.39. The molecular formula is C9H11N2O3. The molecule has 0 bridgehead atoms. The third kappa shape index (κ3) is 3.01. The Hall–Kier alpha value is -1.65. The first kappa shape index (κ1) is 10.4. The highest BCUT2D eigenvalue weighted by Crippen LogP contribution is 2.04. The summed E-state index contributed by atoms with van der Waals surface area (Å²) in [6.07, 6.45) is 1.24. The fourth-order valence-electron chi connectivity index (χ4n) is 0.747. The van der Waals surface area contributed by atoms with Crippen LogP contribution in [-0.4, -0.2) is 22.5 Å². The predicted octanol–water partition coefficient (Wildman–Crippen LogP) is 1.43. The zero-order valence-electron chi connectivity index (χ0n) is 8.06. The van der Waals surface area contributed by atoms with Gasteiger partial charge >= 0.3 is 5.97 Å². The van der Waals surface area contributed by atoms with Crippen molar-refractivity contribution >= 4 is 5.97 Å². The van der Waals surface area contributed by atoms with Crippen molar-refractivity contribution in [1.29, 1.82) is 0 Å². The first-order valence-corrected chi connectivity index (χ1v) is 4.27. The van der Waals surface area contributed by atoms with Crippen molar-refractivity contribution < 1.29 is 14.6 Å². The van der Waals surface area contributed by atoms with Gasteiger partial charge in [0.1, 0.15) is 0 Å². The van der Waals surface area contributed by atoms with Gasteiger partial charge in [-0.25, -0.2) is 9.78 Å². The second-order valence-electron chi connectivity index (χ2n) is 3.21. The van der Waals surface area contributed by atoms with Crippen LogP contribution < -0.4 is 0 Å². The number of aromatic nitrogens is 2. The molecule has 5 heteroatoms. The quantitative estimate of drug-likeness (QED) is 0.684. The number of nitrogens with zero attached hydrogens (tertiary/aromatic N) is 2. The van der Waals surface area contributed by atoms with Crippen LogP contribution in [0.2, 0.25) is 0 Å². The molecule has 0 aliphatic carbocycles. The molecule has 0 aliphatic heterocycles. The molecule has 0 aromatic carbocycles. The van der Waals surface area contributed by atoms with Crippen LogP contribution in [0.4, 0.5) is 0 Å². The largest absolute Gasteiger partial charge is 0.460 e. The van der Waals surface area contributed by atoms with Crippen molar-refractivity contribution in [3.63, 3.8) is 0 Å². The van der Waals surface area contributed by atoms with Gasteiger partial charge in [0.25, 0.3) is 5.88 Å². The number of carbonyl (C=O) groups excluding carboxylic acids is 1. The van der Waals surface area contributed by atoms with Crippen molar-refractivity contribution in [3.8, 4) is 5.88 Å². The Balaban J connectivity index is 2.61. The fourth-order valence-corrected chi connectivity index (χ4v) is 0.747. The van der Waals surface area contributed by atoms with Gasteiger partial charge in [0, 0.05) is 12.3 Å². The van der Waals surface area contributed by atoms with Crippen molar-refractivity contribution in [2.75, 3.05) is 6.61 Å². The lowest BCUT2D eigenvalue weighted by atomic mass is 10.2. The van der Waals surface area contributed by atoms with Crippen LogP contribution in [-0.2, 0) is 9.84 Å². The summed E-state index contributed by atoms with van der Waals surface area (Å²) in [6.45, 7) is 4.13. The van der Waals surface area contributed by atoms with Crippen molar-refractivity contribution in [2.24, 2.45) is 5.92 Å². The molecular weight excluding hydrogens is 184 g/mol. The van der Waals surface area contributed by atoms with Crippen LogP contribution in [0.3, 0.4) is 0 Å². The maximum absolute atomic E-state index is 11.2. The van der Waals surface area contributed by atoms with E-state index in [1.165, 1.54) is 12.3 Å². The van der Waals surface area contributed by atoms with E-state index in [1.54, 1.807) is 0 Å². The minimum absolute atomic E-state index is 0.182. The molecule has 0 saturated heterocycles. The monoisotopic (exact) mass is 195 g/mol. The van der Waals surface area contributed by atoms with Crippen LogP contribution in [0.1, 0.15) is 24.5 Å². The minimum atomic E-state index is -0.656. The average Bonchev–Trinajstić information content (AvgIpc) is 2.14. The molecule has 0 amide bonds. The highest BCUT2D eigenvalue weighted by atomic mass is 16.5. The zero-order valence-corrected chi connectivity index (χ0v) is 8.06. The molecule has 0 spiro atoms. The zero-order chi connectivity index (χ0) is 10.6. The second kappa shape index (κ2) is 4.55. The maximum atomic E-state index is 11.2. The fraction of sp³-hybridized carbons (Fsp3) is 0.444. The summed E-state index contributed by atoms with van der Waals surface area (Å²) in [5, 5.41) is 10.8. The Morgan fingerprint density at radius 2 is 2.29 bits per heavy atom. The summed E-state index contributed by atoms with van der Waals surface area (Å²) in [4.78, 5) is 18.3. The van der Waals surface area contributed by atoms with Crippen molar-refractivity contribution in [3.05, 3.63) is 18.1 Å². The van der Waals surface area contributed by atoms with Gasteiger partial charge in [-0.1, -0.05) is 13.8 Å². The van der Waals surface area contributed by atoms with E-state index in [1.807, 2.05) is 13.8 Å². The third-order valence-corrected chi connectivity index (χ3v) is 1.36. The van der Waals surface area contributed by atoms with Gasteiger partial charge < -0.3 is 4.74 Å². The molecule has 0 fully saturated rings. The number of carbonyl (C=O) groups is 1. The Morgan fingerprint density at radius 3 is 2.86 bits per heavy atom. The average molecular weight is 195 g/mol. The Bertz CT molecular complexity index is 326. The minimum Gasteiger partial charge on any atom is -0.460 e. The van der Waals surface area contributed by atoms with Crippen LogP contribution in [0.25, 0.3) is 0 Å². The van der Waals surface area contributed by atoms with Crippen LogP contribution in [0.15, 0.2) is 12.3 Å². The van der Waals surface area contributed by atoms with Gasteiger partial charge in [-0.05, 0) is 5.92 Å². The summed E-state index contributed by atoms with van der Waals surface area (Å²) in [5.74, 6) is -1.08. The molecule has 1 radical (unpaired) electrons. The topological polar surface area (TPSA) is 72.0 Å². The van der Waals surface area contributed by atoms with Gasteiger partial charge in [0.15, 0.2) is 0 Å². The lowest BCUT2D eigenvalue weighted by molar-refractivity contribution is 0.0442. The summed E-state index contributed by atoms with van der Waals surface area (Å²) in [5.41, 5.74) is 0. The second-order valence-corrected chi connectivity index (χ2v) is 3.21. The van der Waals surface area contributed by atoms with E-state index in [0.717, 1.165) is 0 Å². The normalized spacial score (nSPS) is 10.2. The number of hydrogen-bond acceptors (Lipinski definition) is 4. The molecule has 14 heavy (non-hydrogen) atoms. The van der Waals surface area contributed by atoms with E-state index in [9.17, 15) is 9.90 Å². The first-order valence-electron chi connectivity index (χ1n) is 4.27. The molecule has 75 valence electrons. The van der Waals surface area contributed by atoms with Crippen molar-refractivity contribution in [2.45, 2.75) is 13.8 Å². The molecule has 0 aliphatic rings. The number of esters is 1. The van der Waals surface area contributed by atoms with Gasteiger partial charge in [0.05, 0.1) is 6.61 Å². The maximum Gasteiger partial charge on any atom is 0.376 e. The smallest absolute Gasteiger partial charge is 0.376 e. The molecule has 0 N–H and O–H groups in total. The van der Waals surface area contributed by atoms with E-state index < -0.39 is 11.8 Å². The number of hydrogen-bond donors (Lipinski definition) is 0. The van der Waals surface area contributed by atoms with Gasteiger partial charge in [0.2, 0.25) is 5.82 Å². The molecule has 5 nitrogen and oxygen atoms in total. The van der Waals surface area contributed by atoms with Crippen LogP contribution in [0, 0.1) is 5.92 Å². The highest BCUT2D eigenvalue weighted by molar-refractivity contribution is 5.85. The van der Waals surface area contributed by atoms with E-state index in [2.05, 4.69) is 9.97 Å². The van der Waals surface area contributed by atoms with Gasteiger partial charge in [-0.2, -0.15) is 4.98 Å². The SMILES string of the molecule is CC(C)COC(=O)c1nccc([O])n1. The predicted molar refractivity (Wildman–Crippen MR) is 47.3 cm³/mol. The Labute approximate surface area is 81.8 Å². The summed E-state index contributed by atoms with van der Waals surface area (Å²) in [7, 11) is 0. The molecule has 0 atom stereocenters. The van der Waals surface area contributed by atoms with E-state index >= 15 is 0 Å². The van der Waals surface area contributed by atoms with E-state index in [-0.39, 0.29) is 11.7 Å². The molecule has 1 aromatic rings. The van der Waals surface area contributed by atoms with Crippen LogP contribution >= 0.6 is 0 Å². The molecule has 0 unspecified atom stereocenters. The van der Waals surface area contributed by atoms with Gasteiger partial charge in [-0.15, -0.1) is 0 Å². The standard InChI is InChI=1S/C9H11N2O3/c1-6(2)5-14-9(13)8-10-4-3-7(12)11-8/h3-4,6H,5H2,1-2H3. The van der Waals surface area contributed by atoms with E-state index in [0.29, 0.717) is 6.61 Å². The van der Waals surface area contributed by atoms with Crippen LogP contribution in [0.5, 0.6) is 5.88 Å². The Morgan fingerprint density at radius 1 is 1.57 bits per heavy atom. The lowest BCUT2D eigenvalue weighted by Crippen LogP contribution is -2.12. The van der Waals surface area contributed by atoms with E-state index in [4.69, 9.17) is 4.74 Å². The number of ether oxygens (including phenoxy) is 1. The highest BCUT2D eigenvalue weighted by Gasteiger charge is 2.12. The molecule has 1 aromatic heterocycles.